The van der Waals surface area contributed by atoms with E-state index in [1.807, 2.05) is 6.21 Å². The maximum Gasteiger partial charge on any atom is 0.333 e. The number of amides is 2. The summed E-state index contributed by atoms with van der Waals surface area (Å²) in [6.45, 7) is 0.680. The van der Waals surface area contributed by atoms with Gasteiger partial charge < -0.3 is 5.73 Å². The molecule has 2 amide bonds. The largest absolute Gasteiger partial charge is 0.350 e. The summed E-state index contributed by atoms with van der Waals surface area (Å²) in [5.41, 5.74) is 13.6. The molecule has 8 nitrogen and oxygen atoms in total. The molecule has 0 radical (unpaired) electrons. The molecule has 1 unspecified atom stereocenters. The number of hydrogen-bond acceptors (Lipinski definition) is 5. The number of carbonyl (C=O) groups excluding carboxylic acids is 1. The summed E-state index contributed by atoms with van der Waals surface area (Å²) in [6.07, 6.45) is 3.39. The number of rotatable bonds is 2. The Labute approximate surface area is 144 Å². The smallest absolute Gasteiger partial charge is 0.333 e. The lowest BCUT2D eigenvalue weighted by molar-refractivity contribution is 0.201. The Morgan fingerprint density at radius 1 is 1.24 bits per heavy atom. The van der Waals surface area contributed by atoms with E-state index in [-0.39, 0.29) is 10.9 Å². The summed E-state index contributed by atoms with van der Waals surface area (Å²) in [6, 6.07) is 5.42. The summed E-state index contributed by atoms with van der Waals surface area (Å²) in [5, 5.41) is 6.53. The van der Waals surface area contributed by atoms with E-state index in [4.69, 9.17) is 10.9 Å². The molecular formula is C16H17N5O3S. The lowest BCUT2D eigenvalue weighted by Crippen LogP contribution is -2.42. The Hall–Kier alpha value is -2.49. The normalized spacial score (nSPS) is 22.4. The summed E-state index contributed by atoms with van der Waals surface area (Å²) in [4.78, 5) is 16.2. The Kier molecular flexibility index (Phi) is 3.53. The molecule has 5 N–H and O–H groups in total. The molecule has 0 aromatic heterocycles. The van der Waals surface area contributed by atoms with E-state index in [2.05, 4.69) is 10.4 Å². The van der Waals surface area contributed by atoms with E-state index in [0.29, 0.717) is 13.0 Å². The first kappa shape index (κ1) is 16.0. The van der Waals surface area contributed by atoms with Gasteiger partial charge in [-0.1, -0.05) is 12.1 Å². The lowest BCUT2D eigenvalue weighted by atomic mass is 9.85. The molecule has 25 heavy (non-hydrogen) atoms. The summed E-state index contributed by atoms with van der Waals surface area (Å²) in [5.74, 6) is 0. The molecule has 0 spiro atoms. The predicted octanol–water partition coefficient (Wildman–Crippen LogP) is 0.703. The van der Waals surface area contributed by atoms with Crippen LogP contribution in [0.3, 0.4) is 0 Å². The van der Waals surface area contributed by atoms with Crippen LogP contribution in [0, 0.1) is 0 Å². The van der Waals surface area contributed by atoms with Crippen LogP contribution < -0.4 is 16.3 Å². The van der Waals surface area contributed by atoms with Gasteiger partial charge in [0.15, 0.2) is 0 Å². The van der Waals surface area contributed by atoms with Crippen LogP contribution in [0.4, 0.5) is 4.79 Å². The number of fused-ring (bicyclic) bond motifs is 1. The number of carbonyl (C=O) groups is 1. The van der Waals surface area contributed by atoms with Crippen molar-refractivity contribution in [1.29, 1.82) is 0 Å². The van der Waals surface area contributed by atoms with Crippen molar-refractivity contribution < 1.29 is 13.2 Å². The lowest BCUT2D eigenvalue weighted by Gasteiger charge is -2.20. The SMILES string of the molecule is NC(=O)N1NC(c2ccc(S(N)(=O)=O)cc2)C2=C1CCC1=C2C=NC1. The first-order valence-corrected chi connectivity index (χ1v) is 9.34. The third-order valence-corrected chi connectivity index (χ3v) is 5.66. The highest BCUT2D eigenvalue weighted by Crippen LogP contribution is 2.44. The van der Waals surface area contributed by atoms with Gasteiger partial charge >= 0.3 is 6.03 Å². The Balaban J connectivity index is 1.78. The molecule has 2 heterocycles. The third-order valence-electron chi connectivity index (χ3n) is 4.73. The van der Waals surface area contributed by atoms with E-state index < -0.39 is 16.1 Å². The zero-order valence-electron chi connectivity index (χ0n) is 13.3. The quantitative estimate of drug-likeness (QED) is 0.717. The molecule has 1 aliphatic carbocycles. The van der Waals surface area contributed by atoms with Gasteiger partial charge in [-0.05, 0) is 36.1 Å². The van der Waals surface area contributed by atoms with Crippen molar-refractivity contribution in [3.8, 4) is 0 Å². The van der Waals surface area contributed by atoms with Gasteiger partial charge in [0, 0.05) is 23.1 Å². The predicted molar refractivity (Wildman–Crippen MR) is 91.8 cm³/mol. The summed E-state index contributed by atoms with van der Waals surface area (Å²) >= 11 is 0. The fourth-order valence-corrected chi connectivity index (χ4v) is 4.09. The van der Waals surface area contributed by atoms with Gasteiger partial charge in [-0.15, -0.1) is 0 Å². The Morgan fingerprint density at radius 3 is 2.60 bits per heavy atom. The summed E-state index contributed by atoms with van der Waals surface area (Å²) in [7, 11) is -3.75. The fourth-order valence-electron chi connectivity index (χ4n) is 3.57. The number of nitrogens with zero attached hydrogens (tertiary/aromatic N) is 2. The number of benzene rings is 1. The van der Waals surface area contributed by atoms with E-state index in [0.717, 1.165) is 28.8 Å². The first-order valence-electron chi connectivity index (χ1n) is 7.80. The van der Waals surface area contributed by atoms with Crippen molar-refractivity contribution in [2.75, 3.05) is 6.54 Å². The highest BCUT2D eigenvalue weighted by Gasteiger charge is 2.39. The van der Waals surface area contributed by atoms with Crippen molar-refractivity contribution in [2.45, 2.75) is 23.8 Å². The number of hydrazine groups is 1. The van der Waals surface area contributed by atoms with E-state index >= 15 is 0 Å². The topological polar surface area (TPSA) is 131 Å². The molecule has 0 bridgehead atoms. The molecule has 0 saturated carbocycles. The van der Waals surface area contributed by atoms with E-state index in [1.54, 1.807) is 12.1 Å². The molecule has 1 aromatic carbocycles. The van der Waals surface area contributed by atoms with Gasteiger partial charge in [0.1, 0.15) is 0 Å². The highest BCUT2D eigenvalue weighted by atomic mass is 32.2. The standard InChI is InChI=1S/C16H17N5O3S/c17-16(22)21-13-6-3-10-7-19-8-12(10)14(13)15(20-21)9-1-4-11(5-2-9)25(18,23)24/h1-2,4-5,8,15,20H,3,6-7H2,(H2,17,22)(H2,18,23,24). The minimum absolute atomic E-state index is 0.0428. The van der Waals surface area contributed by atoms with Crippen LogP contribution in [-0.2, 0) is 10.0 Å². The molecule has 1 atom stereocenters. The van der Waals surface area contributed by atoms with E-state index in [9.17, 15) is 13.2 Å². The number of sulfonamides is 1. The van der Waals surface area contributed by atoms with Crippen molar-refractivity contribution in [1.82, 2.24) is 10.4 Å². The number of aliphatic imine (C=N–C) groups is 1. The fraction of sp³-hybridized carbons (Fsp3) is 0.250. The second-order valence-electron chi connectivity index (χ2n) is 6.20. The molecular weight excluding hydrogens is 342 g/mol. The van der Waals surface area contributed by atoms with Gasteiger partial charge in [0.25, 0.3) is 0 Å². The average Bonchev–Trinajstić information content (AvgIpc) is 3.18. The Bertz CT molecular complexity index is 960. The molecule has 0 saturated heterocycles. The number of allylic oxidation sites excluding steroid dienone is 1. The second-order valence-corrected chi connectivity index (χ2v) is 7.76. The number of urea groups is 1. The maximum atomic E-state index is 11.8. The third kappa shape index (κ3) is 2.56. The van der Waals surface area contributed by atoms with Crippen LogP contribution in [0.5, 0.6) is 0 Å². The second kappa shape index (κ2) is 5.51. The number of hydrogen-bond donors (Lipinski definition) is 3. The number of primary amides is 1. The van der Waals surface area contributed by atoms with Crippen molar-refractivity contribution >= 4 is 22.3 Å². The van der Waals surface area contributed by atoms with Crippen LogP contribution in [0.25, 0.3) is 0 Å². The number of nitrogens with two attached hydrogens (primary N) is 2. The van der Waals surface area contributed by atoms with Crippen molar-refractivity contribution in [3.63, 3.8) is 0 Å². The average molecular weight is 359 g/mol. The van der Waals surface area contributed by atoms with Crippen molar-refractivity contribution in [2.24, 2.45) is 15.9 Å². The van der Waals surface area contributed by atoms with Crippen LogP contribution >= 0.6 is 0 Å². The highest BCUT2D eigenvalue weighted by molar-refractivity contribution is 7.89. The van der Waals surface area contributed by atoms with Crippen molar-refractivity contribution in [3.05, 3.63) is 52.2 Å². The van der Waals surface area contributed by atoms with Gasteiger partial charge in [-0.25, -0.2) is 28.8 Å². The monoisotopic (exact) mass is 359 g/mol. The minimum Gasteiger partial charge on any atom is -0.350 e. The number of primary sulfonamides is 1. The first-order chi connectivity index (χ1) is 11.9. The molecule has 130 valence electrons. The minimum atomic E-state index is -3.75. The molecule has 2 aliphatic heterocycles. The Morgan fingerprint density at radius 2 is 1.96 bits per heavy atom. The molecule has 3 aliphatic rings. The van der Waals surface area contributed by atoms with E-state index in [1.165, 1.54) is 22.7 Å². The zero-order chi connectivity index (χ0) is 17.8. The molecule has 1 aromatic rings. The zero-order valence-corrected chi connectivity index (χ0v) is 14.1. The van der Waals surface area contributed by atoms with Gasteiger partial charge in [-0.3, -0.25) is 4.99 Å². The van der Waals surface area contributed by atoms with Crippen LogP contribution in [0.2, 0.25) is 0 Å². The number of nitrogens with one attached hydrogen (secondary N) is 1. The maximum absolute atomic E-state index is 11.8. The van der Waals surface area contributed by atoms with Gasteiger partial charge in [0.05, 0.1) is 17.5 Å². The van der Waals surface area contributed by atoms with Gasteiger partial charge in [-0.2, -0.15) is 0 Å². The van der Waals surface area contributed by atoms with Crippen LogP contribution in [0.15, 0.2) is 56.6 Å². The molecule has 4 rings (SSSR count). The van der Waals surface area contributed by atoms with Crippen LogP contribution in [-0.4, -0.2) is 32.2 Å². The summed E-state index contributed by atoms with van der Waals surface area (Å²) < 4.78 is 22.9. The molecule has 0 fully saturated rings. The van der Waals surface area contributed by atoms with Crippen LogP contribution in [0.1, 0.15) is 24.4 Å². The van der Waals surface area contributed by atoms with Gasteiger partial charge in [0.2, 0.25) is 10.0 Å². The molecule has 9 heteroatoms.